The molecule has 0 unspecified atom stereocenters. The van der Waals surface area contributed by atoms with Crippen LogP contribution in [0.2, 0.25) is 5.02 Å². The molecule has 0 bridgehead atoms. The lowest BCUT2D eigenvalue weighted by atomic mass is 10.0. The predicted molar refractivity (Wildman–Crippen MR) is 123 cm³/mol. The lowest BCUT2D eigenvalue weighted by Crippen LogP contribution is -2.55. The van der Waals surface area contributed by atoms with Gasteiger partial charge in [-0.25, -0.2) is 9.18 Å². The Morgan fingerprint density at radius 2 is 2.03 bits per heavy atom. The van der Waals surface area contributed by atoms with Gasteiger partial charge in [0.2, 0.25) is 5.91 Å². The third-order valence-corrected chi connectivity index (χ3v) is 5.66. The van der Waals surface area contributed by atoms with Gasteiger partial charge in [0.25, 0.3) is 0 Å². The minimum atomic E-state index is -0.375. The highest BCUT2D eigenvalue weighted by Crippen LogP contribution is 2.30. The molecule has 0 aliphatic carbocycles. The number of piperazine rings is 1. The molecule has 3 rings (SSSR count). The second-order valence-corrected chi connectivity index (χ2v) is 8.08. The summed E-state index contributed by atoms with van der Waals surface area (Å²) in [6, 6.07) is 10.9. The summed E-state index contributed by atoms with van der Waals surface area (Å²) in [5.41, 5.74) is 1.85. The lowest BCUT2D eigenvalue weighted by Gasteiger charge is -2.45. The van der Waals surface area contributed by atoms with Gasteiger partial charge in [0, 0.05) is 24.2 Å². The van der Waals surface area contributed by atoms with E-state index < -0.39 is 0 Å². The predicted octanol–water partition coefficient (Wildman–Crippen LogP) is 4.25. The fourth-order valence-corrected chi connectivity index (χ4v) is 3.82. The van der Waals surface area contributed by atoms with Crippen LogP contribution in [0, 0.1) is 5.82 Å². The minimum Gasteiger partial charge on any atom is -0.476 e. The van der Waals surface area contributed by atoms with Crippen molar-refractivity contribution < 1.29 is 18.7 Å². The molecule has 2 aromatic rings. The summed E-state index contributed by atoms with van der Waals surface area (Å²) < 4.78 is 19.2. The maximum Gasteiger partial charge on any atom is 0.247 e. The number of nitrogens with one attached hydrogen (secondary N) is 1. The molecule has 6 nitrogen and oxygen atoms in total. The van der Waals surface area contributed by atoms with Crippen molar-refractivity contribution in [3.05, 3.63) is 77.2 Å². The Hall–Kier alpha value is -3.12. The molecule has 2 atom stereocenters. The van der Waals surface area contributed by atoms with Gasteiger partial charge in [-0.2, -0.15) is 0 Å². The summed E-state index contributed by atoms with van der Waals surface area (Å²) in [6.45, 7) is 8.69. The van der Waals surface area contributed by atoms with E-state index in [1.807, 2.05) is 23.6 Å². The highest BCUT2D eigenvalue weighted by atomic mass is 35.5. The minimum absolute atomic E-state index is 0.00135. The van der Waals surface area contributed by atoms with Gasteiger partial charge in [-0.3, -0.25) is 9.69 Å². The quantitative estimate of drug-likeness (QED) is 0.497. The number of benzene rings is 2. The number of amides is 1. The van der Waals surface area contributed by atoms with E-state index in [0.29, 0.717) is 35.2 Å². The smallest absolute Gasteiger partial charge is 0.247 e. The van der Waals surface area contributed by atoms with Gasteiger partial charge in [-0.1, -0.05) is 30.3 Å². The topological polar surface area (TPSA) is 61.9 Å². The lowest BCUT2D eigenvalue weighted by molar-refractivity contribution is -0.111. The average Bonchev–Trinajstić information content (AvgIpc) is 2.77. The molecule has 8 heteroatoms. The van der Waals surface area contributed by atoms with Crippen molar-refractivity contribution >= 4 is 29.1 Å². The summed E-state index contributed by atoms with van der Waals surface area (Å²) >= 11 is 6.05. The van der Waals surface area contributed by atoms with Crippen LogP contribution >= 0.6 is 11.6 Å². The zero-order valence-electron chi connectivity index (χ0n) is 18.0. The van der Waals surface area contributed by atoms with Crippen molar-refractivity contribution in [1.82, 2.24) is 9.80 Å². The molecule has 2 aromatic carbocycles. The van der Waals surface area contributed by atoms with E-state index in [0.717, 1.165) is 11.6 Å². The number of hydrogen-bond acceptors (Lipinski definition) is 5. The Bertz CT molecular complexity index is 1040. The summed E-state index contributed by atoms with van der Waals surface area (Å²) in [4.78, 5) is 27.6. The molecule has 1 amide bonds. The Balaban J connectivity index is 1.72. The number of rotatable bonds is 7. The summed E-state index contributed by atoms with van der Waals surface area (Å²) in [7, 11) is 0. The molecule has 1 heterocycles. The number of ether oxygens (including phenoxy) is 1. The van der Waals surface area contributed by atoms with Crippen LogP contribution < -0.4 is 10.1 Å². The molecule has 0 radical (unpaired) electrons. The zero-order valence-corrected chi connectivity index (χ0v) is 18.7. The fourth-order valence-electron chi connectivity index (χ4n) is 3.64. The van der Waals surface area contributed by atoms with Crippen molar-refractivity contribution in [2.24, 2.45) is 0 Å². The number of nitrogens with zero attached hydrogens (tertiary/aromatic N) is 2. The molecule has 1 aliphatic heterocycles. The van der Waals surface area contributed by atoms with Crippen LogP contribution in [0.4, 0.5) is 10.1 Å². The highest BCUT2D eigenvalue weighted by molar-refractivity contribution is 6.31. The SMILES string of the molecule is C=CC(=O)Nc1cc(Cl)ccc1OCN1C[C@@H](C)N(Cc2ccc(F)cc2)C(=C=O)[C@@H]1C. The Morgan fingerprint density at radius 3 is 2.69 bits per heavy atom. The van der Waals surface area contributed by atoms with Crippen LogP contribution in [-0.4, -0.2) is 47.0 Å². The van der Waals surface area contributed by atoms with Gasteiger partial charge >= 0.3 is 0 Å². The third kappa shape index (κ3) is 5.56. The van der Waals surface area contributed by atoms with Crippen LogP contribution in [0.15, 0.2) is 60.8 Å². The molecule has 1 N–H and O–H groups in total. The highest BCUT2D eigenvalue weighted by Gasteiger charge is 2.34. The van der Waals surface area contributed by atoms with E-state index >= 15 is 0 Å². The van der Waals surface area contributed by atoms with Gasteiger partial charge in [-0.05, 0) is 55.8 Å². The summed E-state index contributed by atoms with van der Waals surface area (Å²) in [5.74, 6) is 1.86. The van der Waals surface area contributed by atoms with Crippen molar-refractivity contribution in [2.75, 3.05) is 18.6 Å². The van der Waals surface area contributed by atoms with E-state index in [2.05, 4.69) is 17.8 Å². The first-order valence-corrected chi connectivity index (χ1v) is 10.6. The second kappa shape index (κ2) is 10.5. The number of carbonyl (C=O) groups is 1. The van der Waals surface area contributed by atoms with E-state index in [4.69, 9.17) is 16.3 Å². The molecular weight excluding hydrogens is 433 g/mol. The van der Waals surface area contributed by atoms with Crippen LogP contribution in [0.3, 0.4) is 0 Å². The largest absolute Gasteiger partial charge is 0.476 e. The number of halogens is 2. The van der Waals surface area contributed by atoms with E-state index in [9.17, 15) is 14.0 Å². The summed E-state index contributed by atoms with van der Waals surface area (Å²) in [6.07, 6.45) is 1.16. The normalized spacial score (nSPS) is 18.8. The molecule has 0 saturated carbocycles. The fraction of sp³-hybridized carbons (Fsp3) is 0.292. The standard InChI is InChI=1S/C24H25ClFN3O3/c1-4-24(31)27-21-11-19(25)7-10-23(21)32-15-28-12-16(2)29(22(14-30)17(28)3)13-18-5-8-20(26)9-6-18/h4-11,16-17H,1,12-13,15H2,2-3H3,(H,27,31)/t16-,17+/m1/s1. The number of hydrogen-bond donors (Lipinski definition) is 1. The van der Waals surface area contributed by atoms with E-state index in [-0.39, 0.29) is 30.5 Å². The van der Waals surface area contributed by atoms with Crippen molar-refractivity contribution in [2.45, 2.75) is 32.5 Å². The number of carbonyl (C=O) groups excluding carboxylic acids is 2. The van der Waals surface area contributed by atoms with Crippen LogP contribution in [-0.2, 0) is 16.1 Å². The molecule has 1 aliphatic rings. The van der Waals surface area contributed by atoms with Crippen LogP contribution in [0.1, 0.15) is 19.4 Å². The summed E-state index contributed by atoms with van der Waals surface area (Å²) in [5, 5.41) is 3.14. The second-order valence-electron chi connectivity index (χ2n) is 7.65. The molecule has 0 spiro atoms. The van der Waals surface area contributed by atoms with Crippen molar-refractivity contribution in [1.29, 1.82) is 0 Å². The van der Waals surface area contributed by atoms with Crippen molar-refractivity contribution in [3.8, 4) is 5.75 Å². The van der Waals surface area contributed by atoms with Gasteiger partial charge in [0.15, 0.2) is 0 Å². The van der Waals surface area contributed by atoms with Crippen LogP contribution in [0.5, 0.6) is 5.75 Å². The van der Waals surface area contributed by atoms with Gasteiger partial charge in [0.1, 0.15) is 29.9 Å². The third-order valence-electron chi connectivity index (χ3n) is 5.43. The monoisotopic (exact) mass is 457 g/mol. The molecule has 1 saturated heterocycles. The maximum atomic E-state index is 13.2. The van der Waals surface area contributed by atoms with Gasteiger partial charge < -0.3 is 15.0 Å². The van der Waals surface area contributed by atoms with Crippen molar-refractivity contribution in [3.63, 3.8) is 0 Å². The Labute approximate surface area is 191 Å². The molecule has 32 heavy (non-hydrogen) atoms. The molecule has 1 fully saturated rings. The number of anilines is 1. The Kier molecular flexibility index (Phi) is 7.70. The first-order valence-electron chi connectivity index (χ1n) is 10.2. The molecule has 168 valence electrons. The average molecular weight is 458 g/mol. The first-order chi connectivity index (χ1) is 15.3. The molecular formula is C24H25ClFN3O3. The van der Waals surface area contributed by atoms with E-state index in [1.54, 1.807) is 30.3 Å². The molecule has 0 aromatic heterocycles. The maximum absolute atomic E-state index is 13.2. The Morgan fingerprint density at radius 1 is 1.31 bits per heavy atom. The zero-order chi connectivity index (χ0) is 23.3. The first kappa shape index (κ1) is 23.5. The van der Waals surface area contributed by atoms with Gasteiger partial charge in [-0.15, -0.1) is 0 Å². The van der Waals surface area contributed by atoms with Gasteiger partial charge in [0.05, 0.1) is 11.7 Å². The van der Waals surface area contributed by atoms with Crippen LogP contribution in [0.25, 0.3) is 0 Å². The van der Waals surface area contributed by atoms with E-state index in [1.165, 1.54) is 12.1 Å².